The second kappa shape index (κ2) is 8.65. The Balaban J connectivity index is 2.07. The van der Waals surface area contributed by atoms with Crippen molar-refractivity contribution >= 4 is 32.5 Å². The highest BCUT2D eigenvalue weighted by molar-refractivity contribution is 9.10. The summed E-state index contributed by atoms with van der Waals surface area (Å²) in [5, 5.41) is 4.90. The van der Waals surface area contributed by atoms with Gasteiger partial charge in [-0.05, 0) is 64.0 Å². The number of halogens is 1. The third kappa shape index (κ3) is 4.67. The van der Waals surface area contributed by atoms with Crippen LogP contribution in [0.1, 0.15) is 39.2 Å². The second-order valence-corrected chi connectivity index (χ2v) is 7.02. The van der Waals surface area contributed by atoms with E-state index in [1.165, 1.54) is 36.0 Å². The van der Waals surface area contributed by atoms with Gasteiger partial charge >= 0.3 is 0 Å². The van der Waals surface area contributed by atoms with E-state index in [4.69, 9.17) is 0 Å². The molecule has 1 aromatic carbocycles. The number of fused-ring (bicyclic) bond motifs is 1. The second-order valence-electron chi connectivity index (χ2n) is 6.16. The number of benzene rings is 1. The molecule has 126 valence electrons. The van der Waals surface area contributed by atoms with Crippen LogP contribution in [0.15, 0.2) is 28.9 Å². The van der Waals surface area contributed by atoms with Crippen molar-refractivity contribution in [2.24, 2.45) is 0 Å². The average Bonchev–Trinajstić information content (AvgIpc) is 2.54. The first kappa shape index (κ1) is 18.2. The molecule has 4 heteroatoms. The summed E-state index contributed by atoms with van der Waals surface area (Å²) in [5.41, 5.74) is 3.43. The first-order valence-corrected chi connectivity index (χ1v) is 9.38. The summed E-state index contributed by atoms with van der Waals surface area (Å²) in [7, 11) is 0. The molecule has 0 amide bonds. The summed E-state index contributed by atoms with van der Waals surface area (Å²) in [6.45, 7) is 12.3. The van der Waals surface area contributed by atoms with Gasteiger partial charge in [0.05, 0.1) is 5.52 Å². The van der Waals surface area contributed by atoms with Crippen molar-refractivity contribution in [1.82, 2.24) is 9.88 Å². The van der Waals surface area contributed by atoms with Crippen LogP contribution in [-0.2, 0) is 0 Å². The molecule has 0 saturated heterocycles. The number of nitrogens with zero attached hydrogens (tertiary/aromatic N) is 2. The summed E-state index contributed by atoms with van der Waals surface area (Å²) in [4.78, 5) is 7.02. The van der Waals surface area contributed by atoms with Gasteiger partial charge in [0.1, 0.15) is 0 Å². The molecule has 1 N–H and O–H groups in total. The Kier molecular flexibility index (Phi) is 6.85. The lowest BCUT2D eigenvalue weighted by Crippen LogP contribution is -2.25. The SMILES string of the molecule is CCN(CC)CCCC(C)Nc1c(C)cnc2cccc(Br)c12. The van der Waals surface area contributed by atoms with E-state index in [-0.39, 0.29) is 0 Å². The van der Waals surface area contributed by atoms with Crippen LogP contribution in [0.3, 0.4) is 0 Å². The number of hydrogen-bond acceptors (Lipinski definition) is 3. The minimum Gasteiger partial charge on any atom is -0.382 e. The van der Waals surface area contributed by atoms with Crippen molar-refractivity contribution in [1.29, 1.82) is 0 Å². The monoisotopic (exact) mass is 377 g/mol. The van der Waals surface area contributed by atoms with Crippen LogP contribution in [0.2, 0.25) is 0 Å². The highest BCUT2D eigenvalue weighted by Crippen LogP contribution is 2.32. The van der Waals surface area contributed by atoms with Crippen LogP contribution in [0, 0.1) is 6.92 Å². The van der Waals surface area contributed by atoms with Gasteiger partial charge in [0.25, 0.3) is 0 Å². The minimum absolute atomic E-state index is 0.446. The van der Waals surface area contributed by atoms with Crippen molar-refractivity contribution in [3.63, 3.8) is 0 Å². The standard InChI is InChI=1S/C19H28BrN3/c1-5-23(6-2)12-8-9-15(4)22-19-14(3)13-21-17-11-7-10-16(20)18(17)19/h7,10-11,13,15H,5-6,8-9,12H2,1-4H3,(H,21,22). The van der Waals surface area contributed by atoms with Gasteiger partial charge in [-0.2, -0.15) is 0 Å². The molecule has 0 aliphatic carbocycles. The van der Waals surface area contributed by atoms with E-state index in [1.54, 1.807) is 0 Å². The normalized spacial score (nSPS) is 12.8. The lowest BCUT2D eigenvalue weighted by molar-refractivity contribution is 0.295. The summed E-state index contributed by atoms with van der Waals surface area (Å²) >= 11 is 3.68. The maximum atomic E-state index is 4.54. The van der Waals surface area contributed by atoms with Crippen LogP contribution in [-0.4, -0.2) is 35.6 Å². The number of pyridine rings is 1. The Hall–Kier alpha value is -1.13. The zero-order chi connectivity index (χ0) is 16.8. The van der Waals surface area contributed by atoms with Gasteiger partial charge in [0, 0.05) is 27.8 Å². The van der Waals surface area contributed by atoms with Gasteiger partial charge < -0.3 is 10.2 Å². The predicted octanol–water partition coefficient (Wildman–Crippen LogP) is 5.23. The molecule has 0 spiro atoms. The highest BCUT2D eigenvalue weighted by Gasteiger charge is 2.12. The molecule has 1 unspecified atom stereocenters. The molecule has 3 nitrogen and oxygen atoms in total. The lowest BCUT2D eigenvalue weighted by Gasteiger charge is -2.22. The largest absolute Gasteiger partial charge is 0.382 e. The summed E-state index contributed by atoms with van der Waals surface area (Å²) in [5.74, 6) is 0. The Morgan fingerprint density at radius 1 is 1.26 bits per heavy atom. The summed E-state index contributed by atoms with van der Waals surface area (Å²) in [6, 6.07) is 6.63. The quantitative estimate of drug-likeness (QED) is 0.682. The fraction of sp³-hybridized carbons (Fsp3) is 0.526. The maximum absolute atomic E-state index is 4.54. The number of hydrogen-bond donors (Lipinski definition) is 1. The molecule has 0 saturated carbocycles. The number of nitrogens with one attached hydrogen (secondary N) is 1. The van der Waals surface area contributed by atoms with Gasteiger partial charge in [-0.15, -0.1) is 0 Å². The Morgan fingerprint density at radius 2 is 2.00 bits per heavy atom. The van der Waals surface area contributed by atoms with Gasteiger partial charge in [-0.25, -0.2) is 0 Å². The van der Waals surface area contributed by atoms with E-state index in [0.29, 0.717) is 6.04 Å². The fourth-order valence-corrected chi connectivity index (χ4v) is 3.52. The number of aryl methyl sites for hydroxylation is 1. The van der Waals surface area contributed by atoms with Crippen molar-refractivity contribution in [3.8, 4) is 0 Å². The van der Waals surface area contributed by atoms with Crippen molar-refractivity contribution in [2.75, 3.05) is 25.0 Å². The first-order valence-electron chi connectivity index (χ1n) is 8.59. The van der Waals surface area contributed by atoms with Crippen molar-refractivity contribution < 1.29 is 0 Å². The van der Waals surface area contributed by atoms with Crippen LogP contribution in [0.5, 0.6) is 0 Å². The van der Waals surface area contributed by atoms with Gasteiger partial charge in [-0.1, -0.05) is 35.8 Å². The topological polar surface area (TPSA) is 28.2 Å². The van der Waals surface area contributed by atoms with E-state index in [9.17, 15) is 0 Å². The third-order valence-corrected chi connectivity index (χ3v) is 5.09. The Bertz CT molecular complexity index is 638. The molecule has 0 aliphatic heterocycles. The number of rotatable bonds is 8. The third-order valence-electron chi connectivity index (χ3n) is 4.43. The van der Waals surface area contributed by atoms with E-state index < -0.39 is 0 Å². The van der Waals surface area contributed by atoms with E-state index >= 15 is 0 Å². The maximum Gasteiger partial charge on any atom is 0.0734 e. The molecule has 0 aliphatic rings. The van der Waals surface area contributed by atoms with Gasteiger partial charge in [0.2, 0.25) is 0 Å². The van der Waals surface area contributed by atoms with E-state index in [2.05, 4.69) is 71.0 Å². The average molecular weight is 378 g/mol. The zero-order valence-corrected chi connectivity index (χ0v) is 16.3. The number of aromatic nitrogens is 1. The summed E-state index contributed by atoms with van der Waals surface area (Å²) in [6.07, 6.45) is 4.35. The highest BCUT2D eigenvalue weighted by atomic mass is 79.9. The molecule has 0 bridgehead atoms. The smallest absolute Gasteiger partial charge is 0.0734 e. The molecule has 1 atom stereocenters. The molecule has 1 heterocycles. The molecule has 23 heavy (non-hydrogen) atoms. The molecule has 0 radical (unpaired) electrons. The van der Waals surface area contributed by atoms with Gasteiger partial charge in [0.15, 0.2) is 0 Å². The minimum atomic E-state index is 0.446. The van der Waals surface area contributed by atoms with Crippen LogP contribution < -0.4 is 5.32 Å². The number of anilines is 1. The molecular weight excluding hydrogens is 350 g/mol. The molecule has 0 fully saturated rings. The fourth-order valence-electron chi connectivity index (χ4n) is 2.96. The molecular formula is C19H28BrN3. The molecule has 2 aromatic rings. The summed E-state index contributed by atoms with van der Waals surface area (Å²) < 4.78 is 1.10. The van der Waals surface area contributed by atoms with Crippen molar-refractivity contribution in [3.05, 3.63) is 34.4 Å². The van der Waals surface area contributed by atoms with Crippen LogP contribution >= 0.6 is 15.9 Å². The van der Waals surface area contributed by atoms with Crippen LogP contribution in [0.4, 0.5) is 5.69 Å². The predicted molar refractivity (Wildman–Crippen MR) is 104 cm³/mol. The van der Waals surface area contributed by atoms with Gasteiger partial charge in [-0.3, -0.25) is 4.98 Å². The van der Waals surface area contributed by atoms with E-state index in [1.807, 2.05) is 12.3 Å². The Morgan fingerprint density at radius 3 is 2.70 bits per heavy atom. The zero-order valence-electron chi connectivity index (χ0n) is 14.7. The lowest BCUT2D eigenvalue weighted by atomic mass is 10.1. The first-order chi connectivity index (χ1) is 11.1. The van der Waals surface area contributed by atoms with Crippen molar-refractivity contribution in [2.45, 2.75) is 46.6 Å². The molecule has 2 rings (SSSR count). The molecule has 1 aromatic heterocycles. The van der Waals surface area contributed by atoms with E-state index in [0.717, 1.165) is 23.1 Å². The van der Waals surface area contributed by atoms with Crippen LogP contribution in [0.25, 0.3) is 10.9 Å². The Labute approximate surface area is 148 Å².